The molecule has 1 amide bonds. The Morgan fingerprint density at radius 3 is 2.71 bits per heavy atom. The van der Waals surface area contributed by atoms with Crippen LogP contribution in [-0.4, -0.2) is 22.7 Å². The summed E-state index contributed by atoms with van der Waals surface area (Å²) in [7, 11) is 0. The Morgan fingerprint density at radius 1 is 1.19 bits per heavy atom. The zero-order valence-corrected chi connectivity index (χ0v) is 13.5. The SMILES string of the molecule is O=C(Nc1cccc(CCCO)c1)c1ccc(I)c(O)c1. The molecule has 0 aliphatic carbocycles. The average Bonchev–Trinajstić information content (AvgIpc) is 2.48. The number of anilines is 1. The van der Waals surface area contributed by atoms with Crippen LogP contribution in [0, 0.1) is 3.57 Å². The van der Waals surface area contributed by atoms with Gasteiger partial charge in [0.2, 0.25) is 0 Å². The van der Waals surface area contributed by atoms with E-state index < -0.39 is 0 Å². The first-order chi connectivity index (χ1) is 10.1. The molecule has 21 heavy (non-hydrogen) atoms. The lowest BCUT2D eigenvalue weighted by Gasteiger charge is -2.08. The predicted octanol–water partition coefficient (Wildman–Crippen LogP) is 3.17. The summed E-state index contributed by atoms with van der Waals surface area (Å²) >= 11 is 2.00. The average molecular weight is 397 g/mol. The van der Waals surface area contributed by atoms with Crippen molar-refractivity contribution >= 4 is 34.2 Å². The number of phenols is 1. The van der Waals surface area contributed by atoms with Crippen LogP contribution in [0.4, 0.5) is 5.69 Å². The molecule has 0 saturated carbocycles. The van der Waals surface area contributed by atoms with Gasteiger partial charge >= 0.3 is 0 Å². The Kier molecular flexibility index (Phi) is 5.58. The zero-order chi connectivity index (χ0) is 15.2. The van der Waals surface area contributed by atoms with Crippen molar-refractivity contribution in [2.75, 3.05) is 11.9 Å². The number of carbonyl (C=O) groups excluding carboxylic acids is 1. The monoisotopic (exact) mass is 397 g/mol. The number of aliphatic hydroxyl groups is 1. The Morgan fingerprint density at radius 2 is 2.00 bits per heavy atom. The molecule has 4 nitrogen and oxygen atoms in total. The third-order valence-corrected chi connectivity index (χ3v) is 3.93. The number of aryl methyl sites for hydroxylation is 1. The lowest BCUT2D eigenvalue weighted by molar-refractivity contribution is 0.102. The van der Waals surface area contributed by atoms with E-state index in [1.54, 1.807) is 12.1 Å². The number of halogens is 1. The number of hydrogen-bond donors (Lipinski definition) is 3. The van der Waals surface area contributed by atoms with Crippen LogP contribution in [0.5, 0.6) is 5.75 Å². The molecule has 0 atom stereocenters. The fourth-order valence-electron chi connectivity index (χ4n) is 1.94. The normalized spacial score (nSPS) is 10.4. The fraction of sp³-hybridized carbons (Fsp3) is 0.188. The van der Waals surface area contributed by atoms with E-state index in [9.17, 15) is 9.90 Å². The van der Waals surface area contributed by atoms with Crippen LogP contribution in [0.25, 0.3) is 0 Å². The maximum atomic E-state index is 12.1. The van der Waals surface area contributed by atoms with Gasteiger partial charge < -0.3 is 15.5 Å². The Labute approximate surface area is 137 Å². The molecule has 5 heteroatoms. The fourth-order valence-corrected chi connectivity index (χ4v) is 2.28. The third-order valence-electron chi connectivity index (χ3n) is 3.02. The molecule has 0 bridgehead atoms. The van der Waals surface area contributed by atoms with Crippen molar-refractivity contribution in [2.24, 2.45) is 0 Å². The van der Waals surface area contributed by atoms with Crippen LogP contribution in [0.3, 0.4) is 0 Å². The molecule has 0 aromatic heterocycles. The summed E-state index contributed by atoms with van der Waals surface area (Å²) < 4.78 is 0.704. The van der Waals surface area contributed by atoms with Crippen molar-refractivity contribution in [3.05, 3.63) is 57.2 Å². The topological polar surface area (TPSA) is 69.6 Å². The van der Waals surface area contributed by atoms with E-state index in [-0.39, 0.29) is 18.3 Å². The van der Waals surface area contributed by atoms with E-state index in [0.717, 1.165) is 12.0 Å². The van der Waals surface area contributed by atoms with Gasteiger partial charge in [-0.2, -0.15) is 0 Å². The summed E-state index contributed by atoms with van der Waals surface area (Å²) in [4.78, 5) is 12.1. The largest absolute Gasteiger partial charge is 0.507 e. The van der Waals surface area contributed by atoms with Gasteiger partial charge in [-0.1, -0.05) is 12.1 Å². The summed E-state index contributed by atoms with van der Waals surface area (Å²) in [6, 6.07) is 12.4. The highest BCUT2D eigenvalue weighted by Gasteiger charge is 2.09. The second-order valence-electron chi connectivity index (χ2n) is 4.65. The number of hydrogen-bond acceptors (Lipinski definition) is 3. The molecule has 0 heterocycles. The van der Waals surface area contributed by atoms with Crippen LogP contribution in [0.15, 0.2) is 42.5 Å². The van der Waals surface area contributed by atoms with E-state index in [1.807, 2.05) is 46.9 Å². The number of amides is 1. The number of carbonyl (C=O) groups is 1. The molecule has 0 saturated heterocycles. The smallest absolute Gasteiger partial charge is 0.255 e. The van der Waals surface area contributed by atoms with Crippen molar-refractivity contribution in [1.82, 2.24) is 0 Å². The van der Waals surface area contributed by atoms with Crippen LogP contribution in [-0.2, 0) is 6.42 Å². The second-order valence-corrected chi connectivity index (χ2v) is 5.81. The molecule has 0 fully saturated rings. The van der Waals surface area contributed by atoms with E-state index >= 15 is 0 Å². The molecule has 0 radical (unpaired) electrons. The van der Waals surface area contributed by atoms with Crippen LogP contribution in [0.1, 0.15) is 22.3 Å². The second kappa shape index (κ2) is 7.42. The van der Waals surface area contributed by atoms with Crippen molar-refractivity contribution in [2.45, 2.75) is 12.8 Å². The number of aliphatic hydroxyl groups excluding tert-OH is 1. The van der Waals surface area contributed by atoms with Gasteiger partial charge in [0.25, 0.3) is 5.91 Å². The number of benzene rings is 2. The Hall–Kier alpha value is -1.60. The van der Waals surface area contributed by atoms with Gasteiger partial charge in [0.1, 0.15) is 5.75 Å². The summed E-state index contributed by atoms with van der Waals surface area (Å²) in [6.07, 6.45) is 1.47. The molecule has 0 spiro atoms. The summed E-state index contributed by atoms with van der Waals surface area (Å²) in [5.74, 6) is -0.166. The lowest BCUT2D eigenvalue weighted by Crippen LogP contribution is -2.12. The summed E-state index contributed by atoms with van der Waals surface area (Å²) in [5.41, 5.74) is 2.18. The first-order valence-corrected chi connectivity index (χ1v) is 7.67. The van der Waals surface area contributed by atoms with E-state index in [1.165, 1.54) is 6.07 Å². The minimum atomic E-state index is -0.263. The van der Waals surface area contributed by atoms with Gasteiger partial charge in [-0.3, -0.25) is 4.79 Å². The Balaban J connectivity index is 2.10. The molecule has 3 N–H and O–H groups in total. The van der Waals surface area contributed by atoms with Crippen molar-refractivity contribution in [1.29, 1.82) is 0 Å². The number of phenolic OH excluding ortho intramolecular Hbond substituents is 1. The first kappa shape index (κ1) is 15.8. The van der Waals surface area contributed by atoms with Gasteiger partial charge in [0.05, 0.1) is 3.57 Å². The third kappa shape index (κ3) is 4.44. The Bertz CT molecular complexity index is 643. The first-order valence-electron chi connectivity index (χ1n) is 6.60. The standard InChI is InChI=1S/C16H16INO3/c17-14-7-6-12(10-15(14)20)16(21)18-13-5-1-3-11(9-13)4-2-8-19/h1,3,5-7,9-10,19-20H,2,4,8H2,(H,18,21). The van der Waals surface area contributed by atoms with Crippen LogP contribution >= 0.6 is 22.6 Å². The molecular weight excluding hydrogens is 381 g/mol. The highest BCUT2D eigenvalue weighted by Crippen LogP contribution is 2.21. The minimum absolute atomic E-state index is 0.0972. The van der Waals surface area contributed by atoms with E-state index in [2.05, 4.69) is 5.32 Å². The van der Waals surface area contributed by atoms with Crippen LogP contribution in [0.2, 0.25) is 0 Å². The van der Waals surface area contributed by atoms with Crippen molar-refractivity contribution in [3.63, 3.8) is 0 Å². The zero-order valence-electron chi connectivity index (χ0n) is 11.3. The molecule has 110 valence electrons. The van der Waals surface area contributed by atoms with Gasteiger partial charge in [-0.05, 0) is 71.3 Å². The predicted molar refractivity (Wildman–Crippen MR) is 90.6 cm³/mol. The van der Waals surface area contributed by atoms with Crippen molar-refractivity contribution in [3.8, 4) is 5.75 Å². The molecule has 0 unspecified atom stereocenters. The minimum Gasteiger partial charge on any atom is -0.507 e. The van der Waals surface area contributed by atoms with Crippen molar-refractivity contribution < 1.29 is 15.0 Å². The highest BCUT2D eigenvalue weighted by atomic mass is 127. The maximum Gasteiger partial charge on any atom is 0.255 e. The van der Waals surface area contributed by atoms with E-state index in [4.69, 9.17) is 5.11 Å². The molecule has 2 aromatic carbocycles. The number of rotatable bonds is 5. The molecule has 2 rings (SSSR count). The van der Waals surface area contributed by atoms with Gasteiger partial charge in [0.15, 0.2) is 0 Å². The summed E-state index contributed by atoms with van der Waals surface area (Å²) in [5, 5.41) is 21.3. The molecular formula is C16H16INO3. The van der Waals surface area contributed by atoms with Gasteiger partial charge in [0, 0.05) is 17.9 Å². The molecule has 0 aliphatic rings. The number of nitrogens with one attached hydrogen (secondary N) is 1. The quantitative estimate of drug-likeness (QED) is 0.679. The molecule has 2 aromatic rings. The number of aromatic hydroxyl groups is 1. The van der Waals surface area contributed by atoms with Gasteiger partial charge in [-0.15, -0.1) is 0 Å². The maximum absolute atomic E-state index is 12.1. The van der Waals surface area contributed by atoms with E-state index in [0.29, 0.717) is 21.2 Å². The lowest BCUT2D eigenvalue weighted by atomic mass is 10.1. The van der Waals surface area contributed by atoms with Crippen LogP contribution < -0.4 is 5.32 Å². The summed E-state index contributed by atoms with van der Waals surface area (Å²) in [6.45, 7) is 0.151. The van der Waals surface area contributed by atoms with Gasteiger partial charge in [-0.25, -0.2) is 0 Å². The highest BCUT2D eigenvalue weighted by molar-refractivity contribution is 14.1. The molecule has 0 aliphatic heterocycles.